The maximum absolute atomic E-state index is 12.1. The van der Waals surface area contributed by atoms with Crippen LogP contribution in [0.2, 0.25) is 5.02 Å². The van der Waals surface area contributed by atoms with E-state index >= 15 is 0 Å². The minimum Gasteiger partial charge on any atom is -0.439 e. The summed E-state index contributed by atoms with van der Waals surface area (Å²) in [6.45, 7) is 7.79. The Bertz CT molecular complexity index is 710. The summed E-state index contributed by atoms with van der Waals surface area (Å²) in [5, 5.41) is 3.66. The smallest absolute Gasteiger partial charge is 0.317 e. The lowest BCUT2D eigenvalue weighted by Crippen LogP contribution is -2.52. The number of halogens is 1. The molecule has 0 unspecified atom stereocenters. The van der Waals surface area contributed by atoms with Gasteiger partial charge >= 0.3 is 6.03 Å². The Morgan fingerprint density at radius 3 is 2.83 bits per heavy atom. The molecular formula is C17H23ClN4O2. The van der Waals surface area contributed by atoms with E-state index in [9.17, 15) is 4.79 Å². The number of piperazine rings is 1. The van der Waals surface area contributed by atoms with Gasteiger partial charge in [-0.2, -0.15) is 0 Å². The van der Waals surface area contributed by atoms with Gasteiger partial charge in [-0.05, 0) is 25.5 Å². The van der Waals surface area contributed by atoms with Gasteiger partial charge in [-0.15, -0.1) is 0 Å². The van der Waals surface area contributed by atoms with Gasteiger partial charge in [0.15, 0.2) is 5.58 Å². The average molecular weight is 351 g/mol. The van der Waals surface area contributed by atoms with Gasteiger partial charge in [0.05, 0.1) is 6.54 Å². The average Bonchev–Trinajstić information content (AvgIpc) is 2.96. The molecule has 0 radical (unpaired) electrons. The number of rotatable bonds is 4. The zero-order valence-corrected chi connectivity index (χ0v) is 14.8. The van der Waals surface area contributed by atoms with Crippen LogP contribution in [0.1, 0.15) is 26.2 Å². The SMILES string of the molecule is CC[C@H](C)NC(=O)N1CCN(Cc2nc3ccc(Cl)cc3o2)CC1. The second kappa shape index (κ2) is 7.40. The molecule has 1 saturated heterocycles. The predicted octanol–water partition coefficient (Wildman–Crippen LogP) is 3.11. The summed E-state index contributed by atoms with van der Waals surface area (Å²) >= 11 is 5.97. The quantitative estimate of drug-likeness (QED) is 0.920. The molecule has 1 aliphatic heterocycles. The number of fused-ring (bicyclic) bond motifs is 1. The fourth-order valence-electron chi connectivity index (χ4n) is 2.72. The van der Waals surface area contributed by atoms with Gasteiger partial charge in [0, 0.05) is 43.3 Å². The number of amides is 2. The van der Waals surface area contributed by atoms with Crippen molar-refractivity contribution in [1.82, 2.24) is 20.1 Å². The molecule has 24 heavy (non-hydrogen) atoms. The molecule has 2 amide bonds. The normalized spacial score (nSPS) is 17.2. The number of urea groups is 1. The van der Waals surface area contributed by atoms with E-state index in [0.717, 1.165) is 25.0 Å². The van der Waals surface area contributed by atoms with Crippen molar-refractivity contribution in [2.75, 3.05) is 26.2 Å². The zero-order chi connectivity index (χ0) is 17.1. The first-order valence-corrected chi connectivity index (χ1v) is 8.75. The molecule has 0 bridgehead atoms. The first-order chi connectivity index (χ1) is 11.5. The van der Waals surface area contributed by atoms with Crippen molar-refractivity contribution >= 4 is 28.7 Å². The Balaban J connectivity index is 1.54. The van der Waals surface area contributed by atoms with E-state index in [1.807, 2.05) is 24.0 Å². The lowest BCUT2D eigenvalue weighted by molar-refractivity contribution is 0.128. The Morgan fingerprint density at radius 2 is 2.12 bits per heavy atom. The van der Waals surface area contributed by atoms with Gasteiger partial charge in [-0.1, -0.05) is 18.5 Å². The van der Waals surface area contributed by atoms with Crippen molar-refractivity contribution < 1.29 is 9.21 Å². The fraction of sp³-hybridized carbons (Fsp3) is 0.529. The van der Waals surface area contributed by atoms with Crippen LogP contribution in [0.25, 0.3) is 11.1 Å². The highest BCUT2D eigenvalue weighted by Crippen LogP contribution is 2.21. The van der Waals surface area contributed by atoms with E-state index in [1.165, 1.54) is 0 Å². The molecule has 1 N–H and O–H groups in total. The highest BCUT2D eigenvalue weighted by atomic mass is 35.5. The molecule has 0 saturated carbocycles. The Labute approximate surface area is 146 Å². The molecule has 7 heteroatoms. The number of carbonyl (C=O) groups excluding carboxylic acids is 1. The molecule has 2 heterocycles. The summed E-state index contributed by atoms with van der Waals surface area (Å²) in [7, 11) is 0. The zero-order valence-electron chi connectivity index (χ0n) is 14.1. The van der Waals surface area contributed by atoms with E-state index in [0.29, 0.717) is 36.1 Å². The summed E-state index contributed by atoms with van der Waals surface area (Å²) in [5.41, 5.74) is 1.53. The van der Waals surface area contributed by atoms with Gasteiger partial charge in [0.1, 0.15) is 5.52 Å². The molecule has 1 atom stereocenters. The van der Waals surface area contributed by atoms with Crippen molar-refractivity contribution in [3.8, 4) is 0 Å². The Morgan fingerprint density at radius 1 is 1.38 bits per heavy atom. The number of benzene rings is 1. The van der Waals surface area contributed by atoms with Crippen molar-refractivity contribution in [3.05, 3.63) is 29.1 Å². The molecule has 3 rings (SSSR count). The van der Waals surface area contributed by atoms with Crippen LogP contribution >= 0.6 is 11.6 Å². The molecule has 1 aliphatic rings. The third-order valence-electron chi connectivity index (χ3n) is 4.40. The molecule has 0 spiro atoms. The number of nitrogens with zero attached hydrogens (tertiary/aromatic N) is 3. The van der Waals surface area contributed by atoms with Crippen LogP contribution in [0, 0.1) is 0 Å². The minimum absolute atomic E-state index is 0.0282. The first-order valence-electron chi connectivity index (χ1n) is 8.38. The van der Waals surface area contributed by atoms with Crippen LogP contribution in [-0.4, -0.2) is 53.0 Å². The number of carbonyl (C=O) groups is 1. The standard InChI is InChI=1S/C17H23ClN4O2/c1-3-12(2)19-17(23)22-8-6-21(7-9-22)11-16-20-14-5-4-13(18)10-15(14)24-16/h4-5,10,12H,3,6-9,11H2,1-2H3,(H,19,23)/t12-/m0/s1. The monoisotopic (exact) mass is 350 g/mol. The van der Waals surface area contributed by atoms with Crippen LogP contribution in [-0.2, 0) is 6.54 Å². The number of aromatic nitrogens is 1. The van der Waals surface area contributed by atoms with E-state index in [4.69, 9.17) is 16.0 Å². The number of hydrogen-bond donors (Lipinski definition) is 1. The van der Waals surface area contributed by atoms with Crippen LogP contribution in [0.3, 0.4) is 0 Å². The van der Waals surface area contributed by atoms with E-state index in [-0.39, 0.29) is 12.1 Å². The Hall–Kier alpha value is -1.79. The summed E-state index contributed by atoms with van der Waals surface area (Å²) in [6, 6.07) is 5.69. The highest BCUT2D eigenvalue weighted by Gasteiger charge is 2.22. The third-order valence-corrected chi connectivity index (χ3v) is 4.63. The summed E-state index contributed by atoms with van der Waals surface area (Å²) < 4.78 is 5.76. The van der Waals surface area contributed by atoms with Gasteiger partial charge in [0.2, 0.25) is 5.89 Å². The van der Waals surface area contributed by atoms with Crippen molar-refractivity contribution in [2.45, 2.75) is 32.9 Å². The van der Waals surface area contributed by atoms with Crippen LogP contribution < -0.4 is 5.32 Å². The maximum Gasteiger partial charge on any atom is 0.317 e. The molecule has 130 valence electrons. The summed E-state index contributed by atoms with van der Waals surface area (Å²) in [6.07, 6.45) is 0.938. The summed E-state index contributed by atoms with van der Waals surface area (Å²) in [5.74, 6) is 0.685. The number of hydrogen-bond acceptors (Lipinski definition) is 4. The van der Waals surface area contributed by atoms with Gasteiger partial charge in [-0.25, -0.2) is 9.78 Å². The van der Waals surface area contributed by atoms with Crippen LogP contribution in [0.15, 0.2) is 22.6 Å². The predicted molar refractivity (Wildman–Crippen MR) is 94.2 cm³/mol. The van der Waals surface area contributed by atoms with Crippen molar-refractivity contribution in [2.24, 2.45) is 0 Å². The minimum atomic E-state index is 0.0282. The maximum atomic E-state index is 12.1. The molecule has 1 aromatic heterocycles. The molecule has 1 aromatic carbocycles. The first kappa shape index (κ1) is 17.0. The fourth-order valence-corrected chi connectivity index (χ4v) is 2.88. The molecule has 6 nitrogen and oxygen atoms in total. The summed E-state index contributed by atoms with van der Waals surface area (Å²) in [4.78, 5) is 20.7. The van der Waals surface area contributed by atoms with Crippen molar-refractivity contribution in [1.29, 1.82) is 0 Å². The second-order valence-corrected chi connectivity index (χ2v) is 6.68. The van der Waals surface area contributed by atoms with E-state index in [1.54, 1.807) is 6.07 Å². The molecular weight excluding hydrogens is 328 g/mol. The lowest BCUT2D eigenvalue weighted by atomic mass is 10.2. The third kappa shape index (κ3) is 3.99. The highest BCUT2D eigenvalue weighted by molar-refractivity contribution is 6.31. The van der Waals surface area contributed by atoms with E-state index in [2.05, 4.69) is 22.1 Å². The second-order valence-electron chi connectivity index (χ2n) is 6.24. The van der Waals surface area contributed by atoms with Crippen LogP contribution in [0.5, 0.6) is 0 Å². The lowest BCUT2D eigenvalue weighted by Gasteiger charge is -2.34. The van der Waals surface area contributed by atoms with E-state index < -0.39 is 0 Å². The molecule has 1 fully saturated rings. The Kier molecular flexibility index (Phi) is 5.26. The molecule has 2 aromatic rings. The number of nitrogens with one attached hydrogen (secondary N) is 1. The van der Waals surface area contributed by atoms with Crippen molar-refractivity contribution in [3.63, 3.8) is 0 Å². The van der Waals surface area contributed by atoms with Gasteiger partial charge < -0.3 is 14.6 Å². The van der Waals surface area contributed by atoms with Gasteiger partial charge in [-0.3, -0.25) is 4.90 Å². The largest absolute Gasteiger partial charge is 0.439 e. The molecule has 0 aliphatic carbocycles. The topological polar surface area (TPSA) is 61.6 Å². The van der Waals surface area contributed by atoms with Gasteiger partial charge in [0.25, 0.3) is 0 Å². The van der Waals surface area contributed by atoms with Crippen LogP contribution in [0.4, 0.5) is 4.79 Å². The number of oxazole rings is 1.